The van der Waals surface area contributed by atoms with Crippen LogP contribution in [0.25, 0.3) is 0 Å². The fourth-order valence-electron chi connectivity index (χ4n) is 1.42. The van der Waals surface area contributed by atoms with Crippen LogP contribution in [0.2, 0.25) is 0 Å². The highest BCUT2D eigenvalue weighted by Gasteiger charge is 2.25. The molecule has 0 aromatic rings. The Hall–Kier alpha value is -0.220. The molecule has 1 aliphatic heterocycles. The number of alkyl halides is 2. The van der Waals surface area contributed by atoms with Crippen LogP contribution in [0.15, 0.2) is 0 Å². The summed E-state index contributed by atoms with van der Waals surface area (Å²) in [5.74, 6) is -2.54. The van der Waals surface area contributed by atoms with Crippen LogP contribution in [0.5, 0.6) is 0 Å². The first-order chi connectivity index (χ1) is 5.47. The van der Waals surface area contributed by atoms with Crippen LogP contribution in [0, 0.1) is 0 Å². The molecule has 1 aliphatic rings. The summed E-state index contributed by atoms with van der Waals surface area (Å²) in [6.07, 6.45) is 0.884. The molecule has 1 heterocycles. The summed E-state index contributed by atoms with van der Waals surface area (Å²) < 4.78 is 24.8. The van der Waals surface area contributed by atoms with E-state index in [0.29, 0.717) is 6.54 Å². The molecule has 1 fully saturated rings. The number of nitrogens with two attached hydrogens (primary N) is 1. The first-order valence-electron chi connectivity index (χ1n) is 4.33. The predicted octanol–water partition coefficient (Wildman–Crippen LogP) is 1.06. The first-order valence-corrected chi connectivity index (χ1v) is 4.33. The van der Waals surface area contributed by atoms with Crippen molar-refractivity contribution in [2.45, 2.75) is 31.7 Å². The van der Waals surface area contributed by atoms with Crippen molar-refractivity contribution < 1.29 is 8.78 Å². The van der Waals surface area contributed by atoms with Gasteiger partial charge in [-0.1, -0.05) is 0 Å². The Bertz CT molecular complexity index is 144. The highest BCUT2D eigenvalue weighted by atomic mass is 19.3. The van der Waals surface area contributed by atoms with Gasteiger partial charge in [0.05, 0.1) is 0 Å². The van der Waals surface area contributed by atoms with Gasteiger partial charge in [0, 0.05) is 25.6 Å². The summed E-state index contributed by atoms with van der Waals surface area (Å²) in [7, 11) is 0. The van der Waals surface area contributed by atoms with Gasteiger partial charge in [-0.3, -0.25) is 0 Å². The van der Waals surface area contributed by atoms with Crippen LogP contribution in [-0.2, 0) is 0 Å². The second-order valence-electron chi connectivity index (χ2n) is 3.67. The van der Waals surface area contributed by atoms with Crippen LogP contribution >= 0.6 is 0 Å². The van der Waals surface area contributed by atoms with E-state index < -0.39 is 5.92 Å². The molecule has 0 aliphatic carbocycles. The van der Waals surface area contributed by atoms with E-state index in [1.54, 1.807) is 0 Å². The maximum atomic E-state index is 12.4. The minimum atomic E-state index is -2.54. The summed E-state index contributed by atoms with van der Waals surface area (Å²) >= 11 is 0. The van der Waals surface area contributed by atoms with Crippen LogP contribution in [0.3, 0.4) is 0 Å². The van der Waals surface area contributed by atoms with Gasteiger partial charge in [-0.05, 0) is 19.9 Å². The Morgan fingerprint density at radius 1 is 1.58 bits per heavy atom. The molecule has 1 unspecified atom stereocenters. The lowest BCUT2D eigenvalue weighted by molar-refractivity contribution is 0.00499. The molecule has 0 aromatic carbocycles. The molecule has 0 amide bonds. The highest BCUT2D eigenvalue weighted by molar-refractivity contribution is 4.78. The minimum absolute atomic E-state index is 0.0558. The molecule has 0 saturated carbocycles. The maximum Gasteiger partial charge on any atom is 0.246 e. The molecule has 1 rings (SSSR count). The number of hydrogen-bond acceptors (Lipinski definition) is 2. The topological polar surface area (TPSA) is 29.3 Å². The van der Waals surface area contributed by atoms with Crippen LogP contribution in [0.1, 0.15) is 19.8 Å². The highest BCUT2D eigenvalue weighted by Crippen LogP contribution is 2.18. The van der Waals surface area contributed by atoms with Gasteiger partial charge >= 0.3 is 0 Å². The number of hydrogen-bond donors (Lipinski definition) is 1. The molecular formula is C8H16F2N2. The Morgan fingerprint density at radius 3 is 2.67 bits per heavy atom. The molecule has 1 atom stereocenters. The third-order valence-electron chi connectivity index (χ3n) is 2.18. The van der Waals surface area contributed by atoms with E-state index in [1.807, 2.05) is 4.90 Å². The van der Waals surface area contributed by atoms with Crippen LogP contribution in [-0.4, -0.2) is 36.5 Å². The molecule has 12 heavy (non-hydrogen) atoms. The summed E-state index contributed by atoms with van der Waals surface area (Å²) in [6.45, 7) is 3.08. The van der Waals surface area contributed by atoms with Crippen molar-refractivity contribution in [3.63, 3.8) is 0 Å². The number of likely N-dealkylation sites (tertiary alicyclic amines) is 1. The number of nitrogens with zero attached hydrogens (tertiary/aromatic N) is 1. The van der Waals surface area contributed by atoms with Crippen molar-refractivity contribution in [3.8, 4) is 0 Å². The molecule has 72 valence electrons. The molecule has 2 N–H and O–H groups in total. The summed E-state index contributed by atoms with van der Waals surface area (Å²) in [4.78, 5) is 2.00. The fourth-order valence-corrected chi connectivity index (χ4v) is 1.42. The third kappa shape index (κ3) is 3.45. The van der Waals surface area contributed by atoms with Crippen molar-refractivity contribution in [1.82, 2.24) is 4.90 Å². The Balaban J connectivity index is 2.16. The van der Waals surface area contributed by atoms with E-state index in [-0.39, 0.29) is 12.5 Å². The van der Waals surface area contributed by atoms with Gasteiger partial charge in [-0.25, -0.2) is 8.78 Å². The van der Waals surface area contributed by atoms with Crippen molar-refractivity contribution >= 4 is 0 Å². The molecule has 0 spiro atoms. The SMILES string of the molecule is CC(F)(F)CCN1CCC(N)C1. The van der Waals surface area contributed by atoms with Crippen molar-refractivity contribution in [2.24, 2.45) is 5.73 Å². The Morgan fingerprint density at radius 2 is 2.25 bits per heavy atom. The summed E-state index contributed by atoms with van der Waals surface area (Å²) in [5.41, 5.74) is 5.64. The zero-order valence-electron chi connectivity index (χ0n) is 7.39. The lowest BCUT2D eigenvalue weighted by Crippen LogP contribution is -2.29. The van der Waals surface area contributed by atoms with E-state index in [1.165, 1.54) is 0 Å². The molecule has 0 aromatic heterocycles. The average Bonchev–Trinajstić information content (AvgIpc) is 2.30. The molecular weight excluding hydrogens is 162 g/mol. The van der Waals surface area contributed by atoms with E-state index in [2.05, 4.69) is 0 Å². The second kappa shape index (κ2) is 3.66. The summed E-state index contributed by atoms with van der Waals surface area (Å²) in [5, 5.41) is 0. The largest absolute Gasteiger partial charge is 0.326 e. The van der Waals surface area contributed by atoms with Gasteiger partial charge in [-0.2, -0.15) is 0 Å². The fraction of sp³-hybridized carbons (Fsp3) is 1.00. The van der Waals surface area contributed by atoms with Gasteiger partial charge in [0.1, 0.15) is 0 Å². The number of halogens is 2. The van der Waals surface area contributed by atoms with E-state index in [9.17, 15) is 8.78 Å². The van der Waals surface area contributed by atoms with Crippen molar-refractivity contribution in [1.29, 1.82) is 0 Å². The van der Waals surface area contributed by atoms with Crippen molar-refractivity contribution in [3.05, 3.63) is 0 Å². The second-order valence-corrected chi connectivity index (χ2v) is 3.67. The molecule has 2 nitrogen and oxygen atoms in total. The standard InChI is InChI=1S/C8H16F2N2/c1-8(9,10)3-5-12-4-2-7(11)6-12/h7H,2-6,11H2,1H3. The average molecular weight is 178 g/mol. The van der Waals surface area contributed by atoms with Gasteiger partial charge in [0.25, 0.3) is 0 Å². The van der Waals surface area contributed by atoms with E-state index >= 15 is 0 Å². The van der Waals surface area contributed by atoms with Crippen molar-refractivity contribution in [2.75, 3.05) is 19.6 Å². The van der Waals surface area contributed by atoms with Gasteiger partial charge in [0.2, 0.25) is 5.92 Å². The van der Waals surface area contributed by atoms with Crippen LogP contribution in [0.4, 0.5) is 8.78 Å². The molecule has 4 heteroatoms. The maximum absolute atomic E-state index is 12.4. The normalized spacial score (nSPS) is 26.5. The quantitative estimate of drug-likeness (QED) is 0.700. The predicted molar refractivity (Wildman–Crippen MR) is 44.3 cm³/mol. The monoisotopic (exact) mass is 178 g/mol. The Labute approximate surface area is 71.7 Å². The van der Waals surface area contributed by atoms with Gasteiger partial charge in [-0.15, -0.1) is 0 Å². The minimum Gasteiger partial charge on any atom is -0.326 e. The van der Waals surface area contributed by atoms with E-state index in [0.717, 1.165) is 26.4 Å². The van der Waals surface area contributed by atoms with Gasteiger partial charge in [0.15, 0.2) is 0 Å². The van der Waals surface area contributed by atoms with E-state index in [4.69, 9.17) is 5.73 Å². The summed E-state index contributed by atoms with van der Waals surface area (Å²) in [6, 6.07) is 0.190. The zero-order valence-corrected chi connectivity index (χ0v) is 7.39. The molecule has 0 radical (unpaired) electrons. The molecule has 0 bridgehead atoms. The molecule has 1 saturated heterocycles. The lowest BCUT2D eigenvalue weighted by Gasteiger charge is -2.17. The first kappa shape index (κ1) is 9.86. The zero-order chi connectivity index (χ0) is 9.19. The van der Waals surface area contributed by atoms with Gasteiger partial charge < -0.3 is 10.6 Å². The number of rotatable bonds is 3. The smallest absolute Gasteiger partial charge is 0.246 e. The van der Waals surface area contributed by atoms with Crippen LogP contribution < -0.4 is 5.73 Å². The Kier molecular flexibility index (Phi) is 3.01. The lowest BCUT2D eigenvalue weighted by atomic mass is 10.2. The third-order valence-corrected chi connectivity index (χ3v) is 2.18.